The average molecular weight is 247 g/mol. The zero-order chi connectivity index (χ0) is 12.8. The Balaban J connectivity index is 1.80. The van der Waals surface area contributed by atoms with E-state index in [2.05, 4.69) is 53.6 Å². The van der Waals surface area contributed by atoms with Crippen LogP contribution < -0.4 is 10.6 Å². The van der Waals surface area contributed by atoms with Crippen LogP contribution in [0.5, 0.6) is 0 Å². The largest absolute Gasteiger partial charge is 0.314 e. The van der Waals surface area contributed by atoms with E-state index in [0.29, 0.717) is 6.04 Å². The van der Waals surface area contributed by atoms with Crippen molar-refractivity contribution in [2.45, 2.75) is 33.0 Å². The Morgan fingerprint density at radius 3 is 2.22 bits per heavy atom. The molecule has 1 fully saturated rings. The molecule has 1 aliphatic rings. The standard InChI is InChI=1S/C15H25N3/c1-3-18(4-2)12-14-7-5-13(6-8-14)9-17-15-10-16-11-15/h5-8,15-17H,3-4,9-12H2,1-2H3. The average Bonchev–Trinajstić information content (AvgIpc) is 2.36. The minimum Gasteiger partial charge on any atom is -0.314 e. The highest BCUT2D eigenvalue weighted by atomic mass is 15.1. The summed E-state index contributed by atoms with van der Waals surface area (Å²) < 4.78 is 0. The van der Waals surface area contributed by atoms with E-state index in [1.165, 1.54) is 11.1 Å². The van der Waals surface area contributed by atoms with Crippen molar-refractivity contribution in [3.8, 4) is 0 Å². The molecule has 0 unspecified atom stereocenters. The lowest BCUT2D eigenvalue weighted by atomic mass is 10.1. The van der Waals surface area contributed by atoms with Gasteiger partial charge in [0.25, 0.3) is 0 Å². The fraction of sp³-hybridized carbons (Fsp3) is 0.600. The van der Waals surface area contributed by atoms with Gasteiger partial charge in [-0.2, -0.15) is 0 Å². The number of hydrogen-bond acceptors (Lipinski definition) is 3. The van der Waals surface area contributed by atoms with Crippen molar-refractivity contribution in [2.24, 2.45) is 0 Å². The summed E-state index contributed by atoms with van der Waals surface area (Å²) >= 11 is 0. The molecule has 18 heavy (non-hydrogen) atoms. The first-order valence-corrected chi connectivity index (χ1v) is 7.06. The zero-order valence-corrected chi connectivity index (χ0v) is 11.6. The molecule has 0 spiro atoms. The van der Waals surface area contributed by atoms with Crippen LogP contribution in [0.15, 0.2) is 24.3 Å². The van der Waals surface area contributed by atoms with Crippen molar-refractivity contribution in [1.82, 2.24) is 15.5 Å². The molecule has 0 aromatic heterocycles. The number of hydrogen-bond donors (Lipinski definition) is 2. The van der Waals surface area contributed by atoms with Gasteiger partial charge in [-0.15, -0.1) is 0 Å². The van der Waals surface area contributed by atoms with Crippen LogP contribution in [0.4, 0.5) is 0 Å². The third-order valence-electron chi connectivity index (χ3n) is 3.70. The highest BCUT2D eigenvalue weighted by Crippen LogP contribution is 2.08. The lowest BCUT2D eigenvalue weighted by Crippen LogP contribution is -2.54. The molecule has 100 valence electrons. The molecule has 1 heterocycles. The van der Waals surface area contributed by atoms with E-state index < -0.39 is 0 Å². The van der Waals surface area contributed by atoms with E-state index in [0.717, 1.165) is 39.3 Å². The van der Waals surface area contributed by atoms with E-state index in [9.17, 15) is 0 Å². The van der Waals surface area contributed by atoms with Crippen molar-refractivity contribution in [1.29, 1.82) is 0 Å². The van der Waals surface area contributed by atoms with E-state index in [1.54, 1.807) is 0 Å². The van der Waals surface area contributed by atoms with Gasteiger partial charge in [0.1, 0.15) is 0 Å². The summed E-state index contributed by atoms with van der Waals surface area (Å²) in [5.41, 5.74) is 2.79. The van der Waals surface area contributed by atoms with Crippen LogP contribution in [-0.4, -0.2) is 37.1 Å². The summed E-state index contributed by atoms with van der Waals surface area (Å²) in [7, 11) is 0. The Morgan fingerprint density at radius 1 is 1.11 bits per heavy atom. The first-order valence-electron chi connectivity index (χ1n) is 7.06. The number of rotatable bonds is 7. The van der Waals surface area contributed by atoms with Crippen LogP contribution in [0.1, 0.15) is 25.0 Å². The van der Waals surface area contributed by atoms with Gasteiger partial charge in [0.15, 0.2) is 0 Å². The third kappa shape index (κ3) is 3.80. The van der Waals surface area contributed by atoms with E-state index in [-0.39, 0.29) is 0 Å². The molecule has 1 aromatic carbocycles. The molecule has 0 saturated carbocycles. The van der Waals surface area contributed by atoms with Gasteiger partial charge in [-0.3, -0.25) is 4.90 Å². The predicted octanol–water partition coefficient (Wildman–Crippen LogP) is 1.59. The molecule has 0 radical (unpaired) electrons. The van der Waals surface area contributed by atoms with Crippen molar-refractivity contribution in [2.75, 3.05) is 26.2 Å². The lowest BCUT2D eigenvalue weighted by molar-refractivity contribution is 0.296. The predicted molar refractivity (Wildman–Crippen MR) is 76.6 cm³/mol. The molecular formula is C15H25N3. The molecule has 0 aliphatic carbocycles. The Bertz CT molecular complexity index is 339. The van der Waals surface area contributed by atoms with E-state index >= 15 is 0 Å². The van der Waals surface area contributed by atoms with Crippen LogP contribution in [-0.2, 0) is 13.1 Å². The summed E-state index contributed by atoms with van der Waals surface area (Å²) in [5, 5.41) is 6.82. The van der Waals surface area contributed by atoms with Crippen LogP contribution in [0.2, 0.25) is 0 Å². The van der Waals surface area contributed by atoms with Gasteiger partial charge in [0.2, 0.25) is 0 Å². The van der Waals surface area contributed by atoms with Crippen LogP contribution >= 0.6 is 0 Å². The monoisotopic (exact) mass is 247 g/mol. The minimum absolute atomic E-state index is 0.667. The highest BCUT2D eigenvalue weighted by Gasteiger charge is 2.14. The first-order chi connectivity index (χ1) is 8.81. The second-order valence-corrected chi connectivity index (χ2v) is 5.01. The molecule has 2 rings (SSSR count). The summed E-state index contributed by atoms with van der Waals surface area (Å²) in [5.74, 6) is 0. The number of nitrogens with one attached hydrogen (secondary N) is 2. The van der Waals surface area contributed by atoms with Gasteiger partial charge in [0, 0.05) is 32.2 Å². The number of benzene rings is 1. The minimum atomic E-state index is 0.667. The molecule has 1 aromatic rings. The molecule has 1 aliphatic heterocycles. The Morgan fingerprint density at radius 2 is 1.72 bits per heavy atom. The maximum absolute atomic E-state index is 3.55. The fourth-order valence-electron chi connectivity index (χ4n) is 2.16. The molecule has 0 amide bonds. The maximum atomic E-state index is 3.55. The van der Waals surface area contributed by atoms with Gasteiger partial charge in [0.05, 0.1) is 0 Å². The summed E-state index contributed by atoms with van der Waals surface area (Å²) in [6.07, 6.45) is 0. The van der Waals surface area contributed by atoms with Crippen molar-refractivity contribution in [3.05, 3.63) is 35.4 Å². The van der Waals surface area contributed by atoms with Crippen molar-refractivity contribution in [3.63, 3.8) is 0 Å². The Kier molecular flexibility index (Phi) is 5.17. The highest BCUT2D eigenvalue weighted by molar-refractivity contribution is 5.22. The smallest absolute Gasteiger partial charge is 0.0320 e. The zero-order valence-electron chi connectivity index (χ0n) is 11.6. The van der Waals surface area contributed by atoms with Crippen LogP contribution in [0.3, 0.4) is 0 Å². The molecule has 3 heteroatoms. The topological polar surface area (TPSA) is 27.3 Å². The van der Waals surface area contributed by atoms with Crippen LogP contribution in [0.25, 0.3) is 0 Å². The van der Waals surface area contributed by atoms with Crippen molar-refractivity contribution < 1.29 is 0 Å². The van der Waals surface area contributed by atoms with Gasteiger partial charge in [-0.1, -0.05) is 38.1 Å². The molecule has 2 N–H and O–H groups in total. The molecular weight excluding hydrogens is 222 g/mol. The van der Waals surface area contributed by atoms with E-state index in [1.807, 2.05) is 0 Å². The van der Waals surface area contributed by atoms with Gasteiger partial charge >= 0.3 is 0 Å². The van der Waals surface area contributed by atoms with Gasteiger partial charge in [-0.05, 0) is 24.2 Å². The quantitative estimate of drug-likeness (QED) is 0.766. The maximum Gasteiger partial charge on any atom is 0.0320 e. The Hall–Kier alpha value is -0.900. The first kappa shape index (κ1) is 13.5. The summed E-state index contributed by atoms with van der Waals surface area (Å²) in [6.45, 7) is 10.9. The van der Waals surface area contributed by atoms with Crippen LogP contribution in [0, 0.1) is 0 Å². The van der Waals surface area contributed by atoms with Crippen molar-refractivity contribution >= 4 is 0 Å². The SMILES string of the molecule is CCN(CC)Cc1ccc(CNC2CNC2)cc1. The molecule has 3 nitrogen and oxygen atoms in total. The molecule has 0 atom stereocenters. The summed E-state index contributed by atoms with van der Waals surface area (Å²) in [4.78, 5) is 2.44. The normalized spacial score (nSPS) is 15.9. The lowest BCUT2D eigenvalue weighted by Gasteiger charge is -2.28. The second-order valence-electron chi connectivity index (χ2n) is 5.01. The molecule has 1 saturated heterocycles. The van der Waals surface area contributed by atoms with E-state index in [4.69, 9.17) is 0 Å². The number of nitrogens with zero attached hydrogens (tertiary/aromatic N) is 1. The second kappa shape index (κ2) is 6.88. The van der Waals surface area contributed by atoms with Gasteiger partial charge < -0.3 is 10.6 Å². The Labute approximate surface area is 111 Å². The summed E-state index contributed by atoms with van der Waals surface area (Å²) in [6, 6.07) is 9.68. The fourth-order valence-corrected chi connectivity index (χ4v) is 2.16. The third-order valence-corrected chi connectivity index (χ3v) is 3.70. The van der Waals surface area contributed by atoms with Gasteiger partial charge in [-0.25, -0.2) is 0 Å². The molecule has 0 bridgehead atoms.